The molecule has 2 rings (SSSR count). The molecule has 6 heteroatoms. The Bertz CT molecular complexity index is 424. The second-order valence-corrected chi connectivity index (χ2v) is 7.29. The zero-order valence-electron chi connectivity index (χ0n) is 15.7. The Labute approximate surface area is 155 Å². The molecular weight excluding hydrogens is 342 g/mol. The highest BCUT2D eigenvalue weighted by molar-refractivity contribution is 4.81. The second-order valence-electron chi connectivity index (χ2n) is 7.29. The van der Waals surface area contributed by atoms with Crippen LogP contribution in [0.3, 0.4) is 0 Å². The van der Waals surface area contributed by atoms with Crippen molar-refractivity contribution in [1.82, 2.24) is 0 Å². The van der Waals surface area contributed by atoms with E-state index in [-0.39, 0.29) is 12.2 Å². The summed E-state index contributed by atoms with van der Waals surface area (Å²) < 4.78 is 46.8. The Kier molecular flexibility index (Phi) is 9.40. The maximum atomic E-state index is 12.3. The van der Waals surface area contributed by atoms with Crippen LogP contribution in [0.1, 0.15) is 58.3 Å². The van der Waals surface area contributed by atoms with Crippen LogP contribution in [0.5, 0.6) is 0 Å². The van der Waals surface area contributed by atoms with E-state index in [1.165, 1.54) is 31.9 Å². The zero-order chi connectivity index (χ0) is 18.8. The lowest BCUT2D eigenvalue weighted by molar-refractivity contribution is -0.232. The topological polar surface area (TPSA) is 36.9 Å². The molecule has 1 saturated carbocycles. The van der Waals surface area contributed by atoms with E-state index in [1.807, 2.05) is 0 Å². The number of hydrogen-bond donors (Lipinski definition) is 0. The molecule has 0 amide bonds. The van der Waals surface area contributed by atoms with Crippen LogP contribution >= 0.6 is 0 Å². The van der Waals surface area contributed by atoms with Crippen LogP contribution in [-0.2, 0) is 18.9 Å². The molecule has 1 aliphatic heterocycles. The van der Waals surface area contributed by atoms with Gasteiger partial charge >= 0.3 is 6.08 Å². The fourth-order valence-corrected chi connectivity index (χ4v) is 3.84. The summed E-state index contributed by atoms with van der Waals surface area (Å²) in [5.41, 5.74) is 0. The minimum Gasteiger partial charge on any atom is -0.463 e. The predicted octanol–water partition coefficient (Wildman–Crippen LogP) is 5.60. The average Bonchev–Trinajstić information content (AvgIpc) is 2.66. The third-order valence-electron chi connectivity index (χ3n) is 5.32. The van der Waals surface area contributed by atoms with E-state index in [4.69, 9.17) is 18.9 Å². The molecule has 26 heavy (non-hydrogen) atoms. The predicted molar refractivity (Wildman–Crippen MR) is 95.2 cm³/mol. The van der Waals surface area contributed by atoms with Gasteiger partial charge in [0.25, 0.3) is 0 Å². The molecule has 1 unspecified atom stereocenters. The van der Waals surface area contributed by atoms with Crippen LogP contribution in [-0.4, -0.2) is 25.8 Å². The molecule has 0 radical (unpaired) electrons. The molecule has 0 bridgehead atoms. The maximum Gasteiger partial charge on any atom is 0.304 e. The molecule has 0 spiro atoms. The van der Waals surface area contributed by atoms with E-state index in [9.17, 15) is 8.78 Å². The van der Waals surface area contributed by atoms with Gasteiger partial charge in [0.1, 0.15) is 0 Å². The SMILES string of the molecule is C=COC(OC=C(F)F)C1CCC(C2OCC(CCCCC)CO2)CC1. The van der Waals surface area contributed by atoms with Gasteiger partial charge in [0.2, 0.25) is 6.29 Å². The summed E-state index contributed by atoms with van der Waals surface area (Å²) in [6.45, 7) is 7.26. The van der Waals surface area contributed by atoms with Gasteiger partial charge < -0.3 is 18.9 Å². The first-order valence-corrected chi connectivity index (χ1v) is 9.80. The van der Waals surface area contributed by atoms with E-state index in [0.717, 1.165) is 38.9 Å². The van der Waals surface area contributed by atoms with Crippen LogP contribution in [0.4, 0.5) is 8.78 Å². The third-order valence-corrected chi connectivity index (χ3v) is 5.32. The molecule has 0 aromatic carbocycles. The van der Waals surface area contributed by atoms with Gasteiger partial charge in [-0.2, -0.15) is 8.78 Å². The molecule has 2 aliphatic rings. The van der Waals surface area contributed by atoms with E-state index in [1.54, 1.807) is 0 Å². The highest BCUT2D eigenvalue weighted by Gasteiger charge is 2.35. The molecule has 150 valence electrons. The van der Waals surface area contributed by atoms with Crippen LogP contribution in [0, 0.1) is 17.8 Å². The lowest BCUT2D eigenvalue weighted by atomic mass is 9.81. The second kappa shape index (κ2) is 11.5. The molecule has 4 nitrogen and oxygen atoms in total. The third kappa shape index (κ3) is 6.88. The normalized spacial score (nSPS) is 30.3. The standard InChI is InChI=1S/C20H32F2O4/c1-3-5-6-7-15-12-24-20(25-13-15)17-10-8-16(9-11-17)19(23-4-2)26-14-18(21)22/h4,14-17,19-20H,2-3,5-13H2,1H3. The highest BCUT2D eigenvalue weighted by atomic mass is 19.3. The van der Waals surface area contributed by atoms with Gasteiger partial charge in [0.15, 0.2) is 12.6 Å². The number of halogens is 2. The summed E-state index contributed by atoms with van der Waals surface area (Å²) in [5.74, 6) is 0.918. The molecule has 1 atom stereocenters. The van der Waals surface area contributed by atoms with Gasteiger partial charge in [0, 0.05) is 17.8 Å². The summed E-state index contributed by atoms with van der Waals surface area (Å²) in [6, 6.07) is 0. The van der Waals surface area contributed by atoms with Crippen LogP contribution < -0.4 is 0 Å². The zero-order valence-corrected chi connectivity index (χ0v) is 15.7. The first kappa shape index (κ1) is 21.2. The molecule has 2 fully saturated rings. The molecule has 1 saturated heterocycles. The van der Waals surface area contributed by atoms with E-state index >= 15 is 0 Å². The van der Waals surface area contributed by atoms with Gasteiger partial charge in [-0.05, 0) is 32.1 Å². The number of unbranched alkanes of at least 4 members (excludes halogenated alkanes) is 2. The molecule has 0 N–H and O–H groups in total. The van der Waals surface area contributed by atoms with E-state index in [0.29, 0.717) is 18.1 Å². The number of ether oxygens (including phenoxy) is 4. The Balaban J connectivity index is 1.72. The summed E-state index contributed by atoms with van der Waals surface area (Å²) in [6.07, 6.45) is 7.36. The fraction of sp³-hybridized carbons (Fsp3) is 0.800. The van der Waals surface area contributed by atoms with Crippen molar-refractivity contribution in [2.75, 3.05) is 13.2 Å². The average molecular weight is 374 g/mol. The van der Waals surface area contributed by atoms with Gasteiger partial charge in [-0.3, -0.25) is 0 Å². The smallest absolute Gasteiger partial charge is 0.304 e. The molecule has 1 heterocycles. The lowest BCUT2D eigenvalue weighted by Gasteiger charge is -2.38. The molecule has 1 aliphatic carbocycles. The van der Waals surface area contributed by atoms with Crippen molar-refractivity contribution >= 4 is 0 Å². The van der Waals surface area contributed by atoms with Crippen LogP contribution in [0.25, 0.3) is 0 Å². The van der Waals surface area contributed by atoms with Gasteiger partial charge in [-0.25, -0.2) is 0 Å². The summed E-state index contributed by atoms with van der Waals surface area (Å²) in [5, 5.41) is 0. The minimum atomic E-state index is -1.87. The quantitative estimate of drug-likeness (QED) is 0.283. The lowest BCUT2D eigenvalue weighted by Crippen LogP contribution is -2.39. The van der Waals surface area contributed by atoms with Crippen molar-refractivity contribution < 1.29 is 27.7 Å². The highest BCUT2D eigenvalue weighted by Crippen LogP contribution is 2.37. The summed E-state index contributed by atoms with van der Waals surface area (Å²) in [4.78, 5) is 0. The van der Waals surface area contributed by atoms with E-state index < -0.39 is 12.4 Å². The van der Waals surface area contributed by atoms with Crippen molar-refractivity contribution in [3.05, 3.63) is 25.2 Å². The van der Waals surface area contributed by atoms with Gasteiger partial charge in [-0.1, -0.05) is 32.8 Å². The van der Waals surface area contributed by atoms with Crippen molar-refractivity contribution in [3.63, 3.8) is 0 Å². The van der Waals surface area contributed by atoms with Crippen LogP contribution in [0.15, 0.2) is 25.2 Å². The first-order valence-electron chi connectivity index (χ1n) is 9.80. The Morgan fingerprint density at radius 3 is 2.38 bits per heavy atom. The molecule has 0 aromatic heterocycles. The van der Waals surface area contributed by atoms with Crippen molar-refractivity contribution in [3.8, 4) is 0 Å². The largest absolute Gasteiger partial charge is 0.463 e. The number of rotatable bonds is 10. The maximum absolute atomic E-state index is 12.3. The first-order chi connectivity index (χ1) is 12.6. The number of hydrogen-bond acceptors (Lipinski definition) is 4. The Hall–Kier alpha value is -1.14. The van der Waals surface area contributed by atoms with Crippen molar-refractivity contribution in [1.29, 1.82) is 0 Å². The summed E-state index contributed by atoms with van der Waals surface area (Å²) >= 11 is 0. The molecular formula is C20H32F2O4. The van der Waals surface area contributed by atoms with Gasteiger partial charge in [-0.15, -0.1) is 0 Å². The van der Waals surface area contributed by atoms with Gasteiger partial charge in [0.05, 0.1) is 19.5 Å². The van der Waals surface area contributed by atoms with Crippen LogP contribution in [0.2, 0.25) is 0 Å². The fourth-order valence-electron chi connectivity index (χ4n) is 3.84. The van der Waals surface area contributed by atoms with Crippen molar-refractivity contribution in [2.45, 2.75) is 70.9 Å². The molecule has 0 aromatic rings. The van der Waals surface area contributed by atoms with Crippen molar-refractivity contribution in [2.24, 2.45) is 17.8 Å². The Morgan fingerprint density at radius 2 is 1.81 bits per heavy atom. The summed E-state index contributed by atoms with van der Waals surface area (Å²) in [7, 11) is 0. The Morgan fingerprint density at radius 1 is 1.12 bits per heavy atom. The monoisotopic (exact) mass is 374 g/mol. The minimum absolute atomic E-state index is 0.0604. The van der Waals surface area contributed by atoms with E-state index in [2.05, 4.69) is 13.5 Å².